The summed E-state index contributed by atoms with van der Waals surface area (Å²) in [5, 5.41) is 11.5. The zero-order valence-corrected chi connectivity index (χ0v) is 19.4. The molecule has 0 heterocycles. The van der Waals surface area contributed by atoms with Crippen LogP contribution in [0.15, 0.2) is 36.4 Å². The predicted molar refractivity (Wildman–Crippen MR) is 119 cm³/mol. The summed E-state index contributed by atoms with van der Waals surface area (Å²) in [5.41, 5.74) is -1.63. The highest BCUT2D eigenvalue weighted by molar-refractivity contribution is 6.05. The quantitative estimate of drug-likeness (QED) is 0.533. The Morgan fingerprint density at radius 1 is 1.12 bits per heavy atom. The Balaban J connectivity index is 1.62. The maximum atomic E-state index is 13.8. The van der Waals surface area contributed by atoms with Crippen LogP contribution >= 0.6 is 0 Å². The lowest BCUT2D eigenvalue weighted by Crippen LogP contribution is -2.68. The zero-order valence-electron chi connectivity index (χ0n) is 19.4. The smallest absolute Gasteiger partial charge is 0.338 e. The number of esters is 1. The molecule has 0 saturated heterocycles. The van der Waals surface area contributed by atoms with Gasteiger partial charge in [0.15, 0.2) is 5.78 Å². The largest absolute Gasteiger partial charge is 0.458 e. The molecule has 0 amide bonds. The highest BCUT2D eigenvalue weighted by atomic mass is 19.1. The molecule has 4 aliphatic carbocycles. The molecule has 4 saturated carbocycles. The first-order valence-electron chi connectivity index (χ1n) is 11.9. The van der Waals surface area contributed by atoms with Crippen LogP contribution < -0.4 is 0 Å². The Morgan fingerprint density at radius 3 is 2.45 bits per heavy atom. The number of hydrogen-bond acceptors (Lipinski definition) is 5. The molecule has 2 bridgehead atoms. The molecule has 0 unspecified atom stereocenters. The Labute approximate surface area is 193 Å². The molecule has 176 valence electrons. The number of rotatable bonds is 2. The molecule has 7 atom stereocenters. The number of carbonyl (C=O) groups excluding carboxylic acids is 3. The standard InChI is InChI=1S/C27H31FO5/c1-14-17-9-10-18-26(4)12-11-20(29)25(2,3)19(26)13-21(27(18,22(14)30)23(17)31)33-24(32)15-5-7-16(28)8-6-15/h5-8,17-19,21,23,31H,1,9-13H2,2-4H3/t17-,18-,19+,21+,23+,26-,27-/m0/s1. The molecule has 1 spiro atoms. The maximum Gasteiger partial charge on any atom is 0.338 e. The van der Waals surface area contributed by atoms with E-state index in [9.17, 15) is 23.9 Å². The average molecular weight is 455 g/mol. The van der Waals surface area contributed by atoms with Crippen molar-refractivity contribution in [3.8, 4) is 0 Å². The fraction of sp³-hybridized carbons (Fsp3) is 0.593. The van der Waals surface area contributed by atoms with E-state index < -0.39 is 34.8 Å². The number of ketones is 2. The second-order valence-corrected chi connectivity index (χ2v) is 11.3. The Morgan fingerprint density at radius 2 is 1.79 bits per heavy atom. The molecule has 33 heavy (non-hydrogen) atoms. The molecule has 6 heteroatoms. The summed E-state index contributed by atoms with van der Waals surface area (Å²) in [5.74, 6) is -1.79. The topological polar surface area (TPSA) is 80.7 Å². The van der Waals surface area contributed by atoms with Crippen molar-refractivity contribution in [2.24, 2.45) is 34.0 Å². The van der Waals surface area contributed by atoms with Crippen LogP contribution in [0, 0.1) is 39.8 Å². The molecule has 1 aromatic carbocycles. The number of carbonyl (C=O) groups is 3. The Hall–Kier alpha value is -2.34. The molecule has 4 aliphatic rings. The third-order valence-corrected chi connectivity index (χ3v) is 9.73. The fourth-order valence-electron chi connectivity index (χ4n) is 8.04. The summed E-state index contributed by atoms with van der Waals surface area (Å²) in [6.45, 7) is 10.1. The molecule has 0 radical (unpaired) electrons. The van der Waals surface area contributed by atoms with Crippen molar-refractivity contribution in [3.63, 3.8) is 0 Å². The van der Waals surface area contributed by atoms with Crippen LogP contribution in [0.2, 0.25) is 0 Å². The van der Waals surface area contributed by atoms with Crippen molar-refractivity contribution in [1.82, 2.24) is 0 Å². The number of halogens is 1. The van der Waals surface area contributed by atoms with Crippen LogP contribution in [-0.2, 0) is 14.3 Å². The van der Waals surface area contributed by atoms with Gasteiger partial charge in [-0.3, -0.25) is 9.59 Å². The first-order chi connectivity index (χ1) is 15.5. The van der Waals surface area contributed by atoms with Crippen molar-refractivity contribution < 1.29 is 28.6 Å². The number of hydrogen-bond donors (Lipinski definition) is 1. The summed E-state index contributed by atoms with van der Waals surface area (Å²) in [4.78, 5) is 39.8. The van der Waals surface area contributed by atoms with E-state index in [4.69, 9.17) is 4.74 Å². The molecule has 1 N–H and O–H groups in total. The minimum atomic E-state index is -1.25. The number of Topliss-reactive ketones (excluding diaryl/α,β-unsaturated/α-hetero) is 2. The highest BCUT2D eigenvalue weighted by Gasteiger charge is 2.75. The minimum absolute atomic E-state index is 0.0988. The molecule has 1 aromatic rings. The summed E-state index contributed by atoms with van der Waals surface area (Å²) < 4.78 is 19.4. The second kappa shape index (κ2) is 7.08. The Bertz CT molecular complexity index is 1060. The molecule has 4 fully saturated rings. The third kappa shape index (κ3) is 2.76. The van der Waals surface area contributed by atoms with Gasteiger partial charge in [-0.1, -0.05) is 27.4 Å². The number of aliphatic hydroxyl groups is 1. The van der Waals surface area contributed by atoms with E-state index in [1.165, 1.54) is 24.3 Å². The maximum absolute atomic E-state index is 13.8. The molecule has 5 nitrogen and oxygen atoms in total. The molecule has 0 aliphatic heterocycles. The lowest BCUT2D eigenvalue weighted by molar-refractivity contribution is -0.222. The van der Waals surface area contributed by atoms with E-state index in [1.807, 2.05) is 13.8 Å². The van der Waals surface area contributed by atoms with Gasteiger partial charge in [0.05, 0.1) is 17.1 Å². The minimum Gasteiger partial charge on any atom is -0.458 e. The van der Waals surface area contributed by atoms with E-state index in [2.05, 4.69) is 13.5 Å². The monoisotopic (exact) mass is 454 g/mol. The average Bonchev–Trinajstić information content (AvgIpc) is 2.87. The zero-order chi connectivity index (χ0) is 23.9. The molecule has 5 rings (SSSR count). The van der Waals surface area contributed by atoms with E-state index in [0.717, 1.165) is 0 Å². The first kappa shape index (κ1) is 22.5. The number of benzene rings is 1. The predicted octanol–water partition coefficient (Wildman–Crippen LogP) is 4.28. The van der Waals surface area contributed by atoms with Crippen LogP contribution in [0.1, 0.15) is 63.2 Å². The van der Waals surface area contributed by atoms with Crippen molar-refractivity contribution in [2.75, 3.05) is 0 Å². The number of fused-ring (bicyclic) bond motifs is 3. The van der Waals surface area contributed by atoms with Gasteiger partial charge in [-0.25, -0.2) is 9.18 Å². The van der Waals surface area contributed by atoms with Gasteiger partial charge in [-0.2, -0.15) is 0 Å². The third-order valence-electron chi connectivity index (χ3n) is 9.73. The van der Waals surface area contributed by atoms with E-state index >= 15 is 0 Å². The van der Waals surface area contributed by atoms with Gasteiger partial charge in [-0.15, -0.1) is 0 Å². The summed E-state index contributed by atoms with van der Waals surface area (Å²) in [6, 6.07) is 5.08. The van der Waals surface area contributed by atoms with Gasteiger partial charge in [0, 0.05) is 17.8 Å². The van der Waals surface area contributed by atoms with E-state index in [1.54, 1.807) is 0 Å². The second-order valence-electron chi connectivity index (χ2n) is 11.3. The Kier molecular flexibility index (Phi) is 4.82. The molecular weight excluding hydrogens is 423 g/mol. The highest BCUT2D eigenvalue weighted by Crippen LogP contribution is 2.71. The lowest BCUT2D eigenvalue weighted by Gasteiger charge is -2.64. The number of aliphatic hydroxyl groups excluding tert-OH is 1. The SMILES string of the molecule is C=C1C(=O)[C@]23[C@H](O)[C@H]1CC[C@H]2[C@]1(C)CCC(=O)C(C)(C)[C@H]1C[C@H]3OC(=O)c1ccc(F)cc1. The normalized spacial score (nSPS) is 41.4. The van der Waals surface area contributed by atoms with E-state index in [0.29, 0.717) is 37.7 Å². The molecule has 0 aromatic heterocycles. The summed E-state index contributed by atoms with van der Waals surface area (Å²) in [7, 11) is 0. The van der Waals surface area contributed by atoms with Crippen LogP contribution in [0.3, 0.4) is 0 Å². The van der Waals surface area contributed by atoms with Gasteiger partial charge in [0.25, 0.3) is 0 Å². The lowest BCUT2D eigenvalue weighted by atomic mass is 9.39. The van der Waals surface area contributed by atoms with Gasteiger partial charge in [0.2, 0.25) is 0 Å². The van der Waals surface area contributed by atoms with Crippen molar-refractivity contribution >= 4 is 17.5 Å². The number of ether oxygens (including phenoxy) is 1. The van der Waals surface area contributed by atoms with Crippen LogP contribution in [0.4, 0.5) is 4.39 Å². The van der Waals surface area contributed by atoms with Crippen LogP contribution in [0.5, 0.6) is 0 Å². The van der Waals surface area contributed by atoms with Crippen LogP contribution in [-0.4, -0.2) is 34.9 Å². The van der Waals surface area contributed by atoms with Gasteiger partial charge >= 0.3 is 5.97 Å². The first-order valence-corrected chi connectivity index (χ1v) is 11.9. The fourth-order valence-corrected chi connectivity index (χ4v) is 8.04. The van der Waals surface area contributed by atoms with Crippen molar-refractivity contribution in [3.05, 3.63) is 47.8 Å². The van der Waals surface area contributed by atoms with Gasteiger partial charge in [-0.05, 0) is 72.8 Å². The van der Waals surface area contributed by atoms with Crippen molar-refractivity contribution in [1.29, 1.82) is 0 Å². The van der Waals surface area contributed by atoms with Crippen molar-refractivity contribution in [2.45, 2.75) is 65.1 Å². The summed E-state index contributed by atoms with van der Waals surface area (Å²) >= 11 is 0. The van der Waals surface area contributed by atoms with E-state index in [-0.39, 0.29) is 40.3 Å². The summed E-state index contributed by atoms with van der Waals surface area (Å²) in [6.07, 6.45) is 0.945. The van der Waals surface area contributed by atoms with Crippen LogP contribution in [0.25, 0.3) is 0 Å². The van der Waals surface area contributed by atoms with Gasteiger partial charge in [0.1, 0.15) is 17.7 Å². The molecular formula is C27H31FO5. The van der Waals surface area contributed by atoms with Gasteiger partial charge < -0.3 is 9.84 Å².